The van der Waals surface area contributed by atoms with Crippen molar-refractivity contribution in [2.45, 2.75) is 0 Å². The molecule has 0 unspecified atom stereocenters. The Kier molecular flexibility index (Phi) is 3.17. The van der Waals surface area contributed by atoms with Crippen LogP contribution in [0.3, 0.4) is 0 Å². The van der Waals surface area contributed by atoms with Crippen molar-refractivity contribution in [1.29, 1.82) is 0 Å². The first-order valence-electron chi connectivity index (χ1n) is 5.98. The molecule has 21 heavy (non-hydrogen) atoms. The monoisotopic (exact) mass is 309 g/mol. The van der Waals surface area contributed by atoms with E-state index in [1.165, 1.54) is 11.7 Å². The van der Waals surface area contributed by atoms with Crippen molar-refractivity contribution in [3.8, 4) is 11.4 Å². The number of nitrogens with two attached hydrogens (primary N) is 1. The Hall–Kier alpha value is -2.34. The maximum absolute atomic E-state index is 13.8. The molecule has 3 rings (SSSR count). The van der Waals surface area contributed by atoms with Gasteiger partial charge in [-0.25, -0.2) is 13.8 Å². The fourth-order valence-electron chi connectivity index (χ4n) is 2.17. The van der Waals surface area contributed by atoms with E-state index in [2.05, 4.69) is 4.98 Å². The van der Waals surface area contributed by atoms with Crippen LogP contribution in [-0.2, 0) is 0 Å². The summed E-state index contributed by atoms with van der Waals surface area (Å²) in [5, 5.41) is 0.353. The molecule has 0 aliphatic rings. The third-order valence-electron chi connectivity index (χ3n) is 3.10. The van der Waals surface area contributed by atoms with E-state index >= 15 is 0 Å². The first-order chi connectivity index (χ1) is 10.0. The number of hydrogen-bond donors (Lipinski definition) is 1. The molecule has 0 aliphatic heterocycles. The third kappa shape index (κ3) is 2.17. The predicted octanol–water partition coefficient (Wildman–Crippen LogP) is 3.55. The highest BCUT2D eigenvalue weighted by Crippen LogP contribution is 2.32. The van der Waals surface area contributed by atoms with Gasteiger partial charge in [0.1, 0.15) is 17.1 Å². The molecule has 0 atom stereocenters. The summed E-state index contributed by atoms with van der Waals surface area (Å²) in [4.78, 5) is 3.93. The van der Waals surface area contributed by atoms with E-state index in [9.17, 15) is 8.78 Å². The van der Waals surface area contributed by atoms with Gasteiger partial charge >= 0.3 is 0 Å². The van der Waals surface area contributed by atoms with Crippen molar-refractivity contribution >= 4 is 28.6 Å². The molecule has 0 saturated heterocycles. The fraction of sp³-hybridized carbons (Fsp3) is 0.0714. The van der Waals surface area contributed by atoms with Gasteiger partial charge in [-0.15, -0.1) is 0 Å². The molecule has 0 amide bonds. The van der Waals surface area contributed by atoms with Crippen LogP contribution in [0.5, 0.6) is 5.75 Å². The summed E-state index contributed by atoms with van der Waals surface area (Å²) in [6.45, 7) is 0. The maximum atomic E-state index is 13.8. The van der Waals surface area contributed by atoms with Crippen molar-refractivity contribution < 1.29 is 13.5 Å². The molecular weight excluding hydrogens is 300 g/mol. The average molecular weight is 310 g/mol. The van der Waals surface area contributed by atoms with Crippen molar-refractivity contribution in [2.75, 3.05) is 12.8 Å². The highest BCUT2D eigenvalue weighted by molar-refractivity contribution is 6.32. The van der Waals surface area contributed by atoms with Gasteiger partial charge in [0.25, 0.3) is 0 Å². The zero-order valence-electron chi connectivity index (χ0n) is 10.9. The summed E-state index contributed by atoms with van der Waals surface area (Å²) in [5.74, 6) is -0.966. The van der Waals surface area contributed by atoms with Crippen LogP contribution < -0.4 is 10.5 Å². The molecule has 2 aromatic carbocycles. The predicted molar refractivity (Wildman–Crippen MR) is 77.0 cm³/mol. The Morgan fingerprint density at radius 2 is 2.00 bits per heavy atom. The van der Waals surface area contributed by atoms with E-state index in [0.29, 0.717) is 16.5 Å². The topological polar surface area (TPSA) is 53.1 Å². The van der Waals surface area contributed by atoms with E-state index in [1.54, 1.807) is 18.2 Å². The molecule has 108 valence electrons. The molecule has 4 nitrogen and oxygen atoms in total. The van der Waals surface area contributed by atoms with Crippen molar-refractivity contribution in [2.24, 2.45) is 0 Å². The molecule has 1 heterocycles. The van der Waals surface area contributed by atoms with Gasteiger partial charge in [0, 0.05) is 18.2 Å². The van der Waals surface area contributed by atoms with E-state index < -0.39 is 11.6 Å². The smallest absolute Gasteiger partial charge is 0.206 e. The van der Waals surface area contributed by atoms with Gasteiger partial charge in [0.15, 0.2) is 5.82 Å². The third-order valence-corrected chi connectivity index (χ3v) is 3.42. The van der Waals surface area contributed by atoms with E-state index in [4.69, 9.17) is 22.1 Å². The van der Waals surface area contributed by atoms with Gasteiger partial charge in [-0.1, -0.05) is 11.6 Å². The summed E-state index contributed by atoms with van der Waals surface area (Å²) >= 11 is 6.15. The minimum Gasteiger partial charge on any atom is -0.497 e. The zero-order valence-corrected chi connectivity index (χ0v) is 11.7. The lowest BCUT2D eigenvalue weighted by Gasteiger charge is -2.10. The number of fused-ring (bicyclic) bond motifs is 1. The molecule has 3 aromatic rings. The van der Waals surface area contributed by atoms with Crippen LogP contribution in [0.25, 0.3) is 16.7 Å². The second-order valence-corrected chi connectivity index (χ2v) is 4.79. The van der Waals surface area contributed by atoms with Crippen LogP contribution in [-0.4, -0.2) is 16.7 Å². The number of ether oxygens (including phenoxy) is 1. The molecule has 0 radical (unpaired) electrons. The van der Waals surface area contributed by atoms with Crippen molar-refractivity contribution in [1.82, 2.24) is 9.55 Å². The van der Waals surface area contributed by atoms with Gasteiger partial charge in [0.2, 0.25) is 5.95 Å². The molecular formula is C14H10ClF2N3O. The lowest BCUT2D eigenvalue weighted by Crippen LogP contribution is -2.02. The van der Waals surface area contributed by atoms with E-state index in [1.807, 2.05) is 0 Å². The number of halogens is 3. The first-order valence-corrected chi connectivity index (χ1v) is 6.36. The van der Waals surface area contributed by atoms with Crippen LogP contribution in [0.15, 0.2) is 30.3 Å². The summed E-state index contributed by atoms with van der Waals surface area (Å²) < 4.78 is 33.7. The molecule has 2 N–H and O–H groups in total. The van der Waals surface area contributed by atoms with Crippen LogP contribution in [0.4, 0.5) is 14.7 Å². The normalized spacial score (nSPS) is 11.0. The van der Waals surface area contributed by atoms with E-state index in [-0.39, 0.29) is 17.0 Å². The number of hydrogen-bond acceptors (Lipinski definition) is 3. The fourth-order valence-corrected chi connectivity index (χ4v) is 2.37. The Balaban J connectivity index is 2.37. The second-order valence-electron chi connectivity index (χ2n) is 4.38. The molecule has 0 aliphatic carbocycles. The van der Waals surface area contributed by atoms with Crippen LogP contribution >= 0.6 is 11.6 Å². The highest BCUT2D eigenvalue weighted by Gasteiger charge is 2.17. The highest BCUT2D eigenvalue weighted by atomic mass is 35.5. The second kappa shape index (κ2) is 4.89. The Morgan fingerprint density at radius 3 is 2.71 bits per heavy atom. The molecule has 0 spiro atoms. The SMILES string of the molecule is COc1ccc(Cl)c(-n2c(N)nc3c(F)cc(F)cc32)c1. The van der Waals surface area contributed by atoms with Gasteiger partial charge in [-0.05, 0) is 12.1 Å². The molecule has 0 fully saturated rings. The summed E-state index contributed by atoms with van der Waals surface area (Å²) in [6, 6.07) is 6.80. The minimum atomic E-state index is -0.783. The Morgan fingerprint density at radius 1 is 1.24 bits per heavy atom. The summed E-state index contributed by atoms with van der Waals surface area (Å²) in [7, 11) is 1.50. The number of methoxy groups -OCH3 is 1. The number of rotatable bonds is 2. The maximum Gasteiger partial charge on any atom is 0.206 e. The van der Waals surface area contributed by atoms with Crippen LogP contribution in [0, 0.1) is 11.6 Å². The van der Waals surface area contributed by atoms with E-state index in [0.717, 1.165) is 12.1 Å². The van der Waals surface area contributed by atoms with Gasteiger partial charge < -0.3 is 10.5 Å². The number of nitrogens with zero attached hydrogens (tertiary/aromatic N) is 2. The zero-order chi connectivity index (χ0) is 15.1. The Bertz CT molecular complexity index is 848. The number of anilines is 1. The van der Waals surface area contributed by atoms with Gasteiger partial charge in [-0.2, -0.15) is 0 Å². The quantitative estimate of drug-likeness (QED) is 0.787. The van der Waals surface area contributed by atoms with Crippen molar-refractivity contribution in [3.63, 3.8) is 0 Å². The number of nitrogen functional groups attached to an aromatic ring is 1. The molecule has 0 bridgehead atoms. The number of imidazole rings is 1. The van der Waals surface area contributed by atoms with Crippen LogP contribution in [0.2, 0.25) is 5.02 Å². The molecule has 7 heteroatoms. The van der Waals surface area contributed by atoms with Gasteiger partial charge in [0.05, 0.1) is 23.3 Å². The van der Waals surface area contributed by atoms with Crippen LogP contribution in [0.1, 0.15) is 0 Å². The summed E-state index contributed by atoms with van der Waals surface area (Å²) in [5.41, 5.74) is 6.43. The van der Waals surface area contributed by atoms with Gasteiger partial charge in [-0.3, -0.25) is 4.57 Å². The largest absolute Gasteiger partial charge is 0.497 e. The Labute approximate surface area is 123 Å². The number of benzene rings is 2. The lowest BCUT2D eigenvalue weighted by atomic mass is 10.2. The first kappa shape index (κ1) is 13.6. The lowest BCUT2D eigenvalue weighted by molar-refractivity contribution is 0.414. The standard InChI is InChI=1S/C14H10ClF2N3O/c1-21-8-2-3-9(15)11(6-8)20-12-5-7(16)4-10(17)13(12)19-14(20)18/h2-6H,1H3,(H2,18,19). The number of aromatic nitrogens is 2. The molecule has 0 saturated carbocycles. The average Bonchev–Trinajstić information content (AvgIpc) is 2.76. The molecule has 1 aromatic heterocycles. The summed E-state index contributed by atoms with van der Waals surface area (Å²) in [6.07, 6.45) is 0. The minimum absolute atomic E-state index is 0.00431. The van der Waals surface area contributed by atoms with Crippen molar-refractivity contribution in [3.05, 3.63) is 47.0 Å².